The summed E-state index contributed by atoms with van der Waals surface area (Å²) >= 11 is 1.83. The van der Waals surface area contributed by atoms with Gasteiger partial charge < -0.3 is 20.4 Å². The van der Waals surface area contributed by atoms with Gasteiger partial charge in [-0.05, 0) is 55.8 Å². The number of furan rings is 1. The topological polar surface area (TPSA) is 78.7 Å². The number of nitrogens with one attached hydrogen (secondary N) is 3. The van der Waals surface area contributed by atoms with Crippen molar-refractivity contribution in [2.75, 3.05) is 12.4 Å². The zero-order valence-corrected chi connectivity index (χ0v) is 17.7. The van der Waals surface area contributed by atoms with Crippen molar-refractivity contribution in [3.8, 4) is 0 Å². The van der Waals surface area contributed by atoms with Crippen molar-refractivity contribution in [3.63, 3.8) is 0 Å². The molecule has 7 heteroatoms. The third kappa shape index (κ3) is 6.22. The molecule has 3 N–H and O–H groups in total. The summed E-state index contributed by atoms with van der Waals surface area (Å²) in [4.78, 5) is 19.0. The van der Waals surface area contributed by atoms with Crippen LogP contribution in [0.3, 0.4) is 0 Å². The first-order chi connectivity index (χ1) is 14.0. The lowest BCUT2D eigenvalue weighted by molar-refractivity contribution is 0.0996. The largest absolute Gasteiger partial charge is 0.459 e. The zero-order valence-electron chi connectivity index (χ0n) is 16.9. The van der Waals surface area contributed by atoms with Gasteiger partial charge in [-0.2, -0.15) is 0 Å². The molecule has 2 aromatic heterocycles. The molecule has 0 aliphatic heterocycles. The molecule has 1 amide bonds. The molecule has 2 heterocycles. The molecule has 0 fully saturated rings. The molecule has 152 valence electrons. The van der Waals surface area contributed by atoms with Crippen LogP contribution in [0.5, 0.6) is 0 Å². The second kappa shape index (κ2) is 9.93. The fourth-order valence-electron chi connectivity index (χ4n) is 2.87. The molecule has 0 saturated heterocycles. The van der Waals surface area contributed by atoms with Crippen LogP contribution in [0.15, 0.2) is 64.2 Å². The lowest BCUT2D eigenvalue weighted by Crippen LogP contribution is -2.42. The van der Waals surface area contributed by atoms with E-state index >= 15 is 0 Å². The number of guanidine groups is 1. The molecule has 3 rings (SSSR count). The number of thiophene rings is 1. The Labute approximate surface area is 175 Å². The van der Waals surface area contributed by atoms with Crippen molar-refractivity contribution >= 4 is 28.9 Å². The molecular weight excluding hydrogens is 384 g/mol. The Hall–Kier alpha value is -3.06. The number of benzene rings is 1. The number of amides is 1. The molecule has 6 nitrogen and oxygen atoms in total. The summed E-state index contributed by atoms with van der Waals surface area (Å²) < 4.78 is 5.10. The van der Waals surface area contributed by atoms with E-state index in [-0.39, 0.29) is 17.7 Å². The molecule has 29 heavy (non-hydrogen) atoms. The average Bonchev–Trinajstić information content (AvgIpc) is 3.38. The van der Waals surface area contributed by atoms with Crippen LogP contribution in [0, 0.1) is 6.92 Å². The maximum atomic E-state index is 12.0. The Kier molecular flexibility index (Phi) is 7.08. The van der Waals surface area contributed by atoms with Gasteiger partial charge in [0.15, 0.2) is 11.7 Å². The lowest BCUT2D eigenvalue weighted by Gasteiger charge is -2.17. The monoisotopic (exact) mass is 410 g/mol. The van der Waals surface area contributed by atoms with Gasteiger partial charge in [-0.15, -0.1) is 11.3 Å². The van der Waals surface area contributed by atoms with Crippen molar-refractivity contribution in [3.05, 3.63) is 75.9 Å². The predicted molar refractivity (Wildman–Crippen MR) is 119 cm³/mol. The summed E-state index contributed by atoms with van der Waals surface area (Å²) in [6.45, 7) is 4.91. The minimum absolute atomic E-state index is 0.264. The predicted octanol–water partition coefficient (Wildman–Crippen LogP) is 4.20. The summed E-state index contributed by atoms with van der Waals surface area (Å²) in [6.07, 6.45) is 2.44. The van der Waals surface area contributed by atoms with Gasteiger partial charge in [-0.1, -0.05) is 12.1 Å². The third-order valence-electron chi connectivity index (χ3n) is 4.33. The van der Waals surface area contributed by atoms with E-state index in [2.05, 4.69) is 46.9 Å². The minimum Gasteiger partial charge on any atom is -0.459 e. The van der Waals surface area contributed by atoms with Crippen molar-refractivity contribution in [1.82, 2.24) is 10.6 Å². The Balaban J connectivity index is 1.47. The van der Waals surface area contributed by atoms with Gasteiger partial charge in [0, 0.05) is 41.5 Å². The fourth-order valence-corrected chi connectivity index (χ4v) is 3.89. The maximum absolute atomic E-state index is 12.0. The lowest BCUT2D eigenvalue weighted by atomic mass is 10.2. The summed E-state index contributed by atoms with van der Waals surface area (Å²) in [5.41, 5.74) is 1.81. The van der Waals surface area contributed by atoms with E-state index in [4.69, 9.17) is 4.42 Å². The smallest absolute Gasteiger partial charge is 0.291 e. The molecule has 0 spiro atoms. The van der Waals surface area contributed by atoms with Crippen molar-refractivity contribution in [2.24, 2.45) is 4.99 Å². The Morgan fingerprint density at radius 1 is 1.17 bits per heavy atom. The van der Waals surface area contributed by atoms with Crippen LogP contribution in [0.1, 0.15) is 32.8 Å². The van der Waals surface area contributed by atoms with Crippen LogP contribution in [-0.4, -0.2) is 25.0 Å². The van der Waals surface area contributed by atoms with Gasteiger partial charge in [0.1, 0.15) is 0 Å². The molecule has 0 aliphatic carbocycles. The molecule has 1 unspecified atom stereocenters. The first kappa shape index (κ1) is 20.7. The van der Waals surface area contributed by atoms with Crippen LogP contribution in [0.25, 0.3) is 0 Å². The van der Waals surface area contributed by atoms with Crippen LogP contribution in [0.4, 0.5) is 5.69 Å². The summed E-state index contributed by atoms with van der Waals surface area (Å²) in [5.74, 6) is 0.791. The van der Waals surface area contributed by atoms with Crippen LogP contribution in [0.2, 0.25) is 0 Å². The standard InChI is InChI=1S/C22H26N4O2S/c1-15(13-19-11-6-16(2)29-19)25-22(23-3)24-14-17-7-9-18(10-8-17)26-21(27)20-5-4-12-28-20/h4-12,15H,13-14H2,1-3H3,(H,26,27)(H2,23,24,25). The summed E-state index contributed by atoms with van der Waals surface area (Å²) in [7, 11) is 1.77. The van der Waals surface area contributed by atoms with Gasteiger partial charge in [-0.3, -0.25) is 9.79 Å². The Bertz CT molecular complexity index is 946. The molecule has 1 aromatic carbocycles. The van der Waals surface area contributed by atoms with Gasteiger partial charge >= 0.3 is 0 Å². The SMILES string of the molecule is CN=C(NCc1ccc(NC(=O)c2ccco2)cc1)NC(C)Cc1ccc(C)s1. The van der Waals surface area contributed by atoms with Crippen LogP contribution >= 0.6 is 11.3 Å². The highest BCUT2D eigenvalue weighted by Gasteiger charge is 2.09. The minimum atomic E-state index is -0.264. The number of hydrogen-bond acceptors (Lipinski definition) is 4. The number of nitrogens with zero attached hydrogens (tertiary/aromatic N) is 1. The first-order valence-corrected chi connectivity index (χ1v) is 10.3. The Morgan fingerprint density at radius 3 is 2.59 bits per heavy atom. The van der Waals surface area contributed by atoms with Crippen LogP contribution < -0.4 is 16.0 Å². The molecule has 0 bridgehead atoms. The molecule has 0 saturated carbocycles. The molecule has 0 aliphatic rings. The second-order valence-electron chi connectivity index (χ2n) is 6.82. The number of anilines is 1. The van der Waals surface area contributed by atoms with E-state index in [1.165, 1.54) is 16.0 Å². The van der Waals surface area contributed by atoms with Gasteiger partial charge in [-0.25, -0.2) is 0 Å². The number of carbonyl (C=O) groups is 1. The normalized spacial score (nSPS) is 12.4. The average molecular weight is 411 g/mol. The highest BCUT2D eigenvalue weighted by molar-refractivity contribution is 7.11. The quantitative estimate of drug-likeness (QED) is 0.403. The van der Waals surface area contributed by atoms with Crippen LogP contribution in [-0.2, 0) is 13.0 Å². The molecule has 1 atom stereocenters. The maximum Gasteiger partial charge on any atom is 0.291 e. The Morgan fingerprint density at radius 2 is 1.97 bits per heavy atom. The van der Waals surface area contributed by atoms with E-state index in [0.29, 0.717) is 6.54 Å². The number of aliphatic imine (C=N–C) groups is 1. The molecule has 3 aromatic rings. The third-order valence-corrected chi connectivity index (χ3v) is 5.35. The second-order valence-corrected chi connectivity index (χ2v) is 8.19. The summed E-state index contributed by atoms with van der Waals surface area (Å²) in [6, 6.07) is 15.6. The van der Waals surface area contributed by atoms with E-state index < -0.39 is 0 Å². The fraction of sp³-hybridized carbons (Fsp3) is 0.273. The highest BCUT2D eigenvalue weighted by Crippen LogP contribution is 2.16. The van der Waals surface area contributed by atoms with Gasteiger partial charge in [0.2, 0.25) is 0 Å². The molecule has 0 radical (unpaired) electrons. The van der Waals surface area contributed by atoms with E-state index in [0.717, 1.165) is 23.6 Å². The van der Waals surface area contributed by atoms with Crippen molar-refractivity contribution in [1.29, 1.82) is 0 Å². The number of aryl methyl sites for hydroxylation is 1. The first-order valence-electron chi connectivity index (χ1n) is 9.50. The number of carbonyl (C=O) groups excluding carboxylic acids is 1. The van der Waals surface area contributed by atoms with Gasteiger partial charge in [0.25, 0.3) is 5.91 Å². The van der Waals surface area contributed by atoms with Crippen molar-refractivity contribution < 1.29 is 9.21 Å². The molecular formula is C22H26N4O2S. The number of rotatable bonds is 7. The van der Waals surface area contributed by atoms with E-state index in [1.807, 2.05) is 35.6 Å². The summed E-state index contributed by atoms with van der Waals surface area (Å²) in [5, 5.41) is 9.57. The zero-order chi connectivity index (χ0) is 20.6. The number of hydrogen-bond donors (Lipinski definition) is 3. The highest BCUT2D eigenvalue weighted by atomic mass is 32.1. The van der Waals surface area contributed by atoms with Gasteiger partial charge in [0.05, 0.1) is 6.26 Å². The van der Waals surface area contributed by atoms with E-state index in [1.54, 1.807) is 19.2 Å². The van der Waals surface area contributed by atoms with Crippen molar-refractivity contribution in [2.45, 2.75) is 32.9 Å². The van der Waals surface area contributed by atoms with E-state index in [9.17, 15) is 4.79 Å².